The molecule has 0 amide bonds. The van der Waals surface area contributed by atoms with E-state index in [1.54, 1.807) is 0 Å². The van der Waals surface area contributed by atoms with Gasteiger partial charge in [0.1, 0.15) is 6.20 Å². The molecular weight excluding hydrogens is 546 g/mol. The first kappa shape index (κ1) is 23.9. The Balaban J connectivity index is 1.37. The monoisotopic (exact) mass is 570 g/mol. The molecule has 1 atom stereocenters. The molecule has 0 fully saturated rings. The highest BCUT2D eigenvalue weighted by molar-refractivity contribution is 7.03. The normalized spacial score (nSPS) is 16.8. The number of rotatable bonds is 1. The summed E-state index contributed by atoms with van der Waals surface area (Å²) in [5.41, 5.74) is 12.3. The molecule has 0 aliphatic carbocycles. The van der Waals surface area contributed by atoms with Gasteiger partial charge >= 0.3 is 13.4 Å². The Hall–Kier alpha value is -5.51. The first-order valence-corrected chi connectivity index (χ1v) is 15.7. The zero-order valence-electron chi connectivity index (χ0n) is 24.3. The summed E-state index contributed by atoms with van der Waals surface area (Å²) in [5.74, 6) is 0. The van der Waals surface area contributed by atoms with Gasteiger partial charge < -0.3 is 4.57 Å². The van der Waals surface area contributed by atoms with E-state index in [0.717, 1.165) is 10.8 Å². The van der Waals surface area contributed by atoms with Gasteiger partial charge in [0.2, 0.25) is 0 Å². The maximum absolute atomic E-state index is 8.01. The number of aromatic nitrogens is 2. The average Bonchev–Trinajstić information content (AvgIpc) is 3.24. The van der Waals surface area contributed by atoms with Crippen LogP contribution in [0.1, 0.15) is 0 Å². The van der Waals surface area contributed by atoms with E-state index < -0.39 is 6.48 Å². The van der Waals surface area contributed by atoms with Crippen molar-refractivity contribution in [1.82, 2.24) is 5.10 Å². The Morgan fingerprint density at radius 2 is 1.07 bits per heavy atom. The van der Waals surface area contributed by atoms with Gasteiger partial charge in [0.25, 0.3) is 0 Å². The predicted octanol–water partition coefficient (Wildman–Crippen LogP) is 5.70. The van der Waals surface area contributed by atoms with Gasteiger partial charge in [0.05, 0.1) is 6.20 Å². The fourth-order valence-corrected chi connectivity index (χ4v) is 8.88. The molecule has 206 valence electrons. The maximum atomic E-state index is 8.01. The zero-order chi connectivity index (χ0) is 29.3. The predicted molar refractivity (Wildman–Crippen MR) is 186 cm³/mol. The Morgan fingerprint density at radius 3 is 1.87 bits per heavy atom. The minimum Gasteiger partial charge on any atom is -0.582 e. The van der Waals surface area contributed by atoms with Gasteiger partial charge in [-0.2, -0.15) is 0 Å². The molecule has 1 aromatic heterocycles. The second-order valence-electron chi connectivity index (χ2n) is 12.7. The lowest BCUT2D eigenvalue weighted by Gasteiger charge is -2.42. The average molecular weight is 570 g/mol. The lowest BCUT2D eigenvalue weighted by molar-refractivity contribution is -0.617. The van der Waals surface area contributed by atoms with Gasteiger partial charge in [-0.25, -0.2) is 0 Å². The molecule has 0 unspecified atom stereocenters. The third-order valence-electron chi connectivity index (χ3n) is 10.6. The molecule has 8 aromatic rings. The van der Waals surface area contributed by atoms with Crippen molar-refractivity contribution in [2.24, 2.45) is 0 Å². The molecule has 0 radical (unpaired) electrons. The van der Waals surface area contributed by atoms with Crippen LogP contribution in [-0.4, -0.2) is 18.5 Å². The van der Waals surface area contributed by atoms with Crippen molar-refractivity contribution < 1.29 is 9.16 Å². The molecule has 45 heavy (non-hydrogen) atoms. The summed E-state index contributed by atoms with van der Waals surface area (Å²) < 4.78 is 10.2. The van der Waals surface area contributed by atoms with Crippen LogP contribution in [0.5, 0.6) is 0 Å². The number of fused-ring (bicyclic) bond motifs is 6. The van der Waals surface area contributed by atoms with Gasteiger partial charge in [0.15, 0.2) is 0 Å². The standard InChI is InChI=1S/C40H24B2N2O/c1-2-10-28-24-44(43-23-27(28)9-1)42-36-22-6-14-26-12-4-16-30(38(26)36)33-19-8-20-34(40(33)42)32-18-7-17-31-29-15-3-11-25-13-5-21-35(37(25)29)41(45-42)39(31)32/h1-24H/t42-/m1/s1. The molecule has 3 nitrogen and oxygen atoms in total. The highest BCUT2D eigenvalue weighted by Crippen LogP contribution is 2.40. The number of benzene rings is 7. The van der Waals surface area contributed by atoms with E-state index in [4.69, 9.17) is 9.67 Å². The van der Waals surface area contributed by atoms with E-state index in [0.29, 0.717) is 0 Å². The number of hydrogen-bond donors (Lipinski definition) is 0. The SMILES string of the molecule is c1cc2c3c(c1)-c1cccc4cccc(c14)B3O[B@@-]1([n+]3cc4ccccc4cn3)c3c-2cccc3-c2cccc3cccc1c23. The minimum absolute atomic E-state index is 0.295. The summed E-state index contributed by atoms with van der Waals surface area (Å²) in [6.45, 7) is -2.37. The van der Waals surface area contributed by atoms with Crippen molar-refractivity contribution in [3.05, 3.63) is 146 Å². The smallest absolute Gasteiger partial charge is 0.475 e. The summed E-state index contributed by atoms with van der Waals surface area (Å²) in [6, 6.07) is 48.8. The van der Waals surface area contributed by atoms with Crippen LogP contribution < -0.4 is 26.4 Å². The van der Waals surface area contributed by atoms with E-state index in [2.05, 4.69) is 144 Å². The van der Waals surface area contributed by atoms with Crippen molar-refractivity contribution in [1.29, 1.82) is 0 Å². The summed E-state index contributed by atoms with van der Waals surface area (Å²) in [4.78, 5) is 0. The molecule has 4 heterocycles. The van der Waals surface area contributed by atoms with Gasteiger partial charge in [0, 0.05) is 10.8 Å². The summed E-state index contributed by atoms with van der Waals surface area (Å²) >= 11 is 0. The third-order valence-corrected chi connectivity index (χ3v) is 10.6. The maximum Gasteiger partial charge on any atom is 0.475 e. The number of nitrogens with zero attached hydrogens (tertiary/aromatic N) is 2. The Kier molecular flexibility index (Phi) is 4.43. The van der Waals surface area contributed by atoms with E-state index in [1.807, 2.05) is 6.20 Å². The van der Waals surface area contributed by atoms with Gasteiger partial charge in [-0.05, 0) is 71.9 Å². The van der Waals surface area contributed by atoms with Crippen LogP contribution >= 0.6 is 0 Å². The van der Waals surface area contributed by atoms with Crippen molar-refractivity contribution in [3.63, 3.8) is 0 Å². The van der Waals surface area contributed by atoms with Crippen LogP contribution in [0.15, 0.2) is 146 Å². The molecule has 7 aromatic carbocycles. The second kappa shape index (κ2) is 8.35. The van der Waals surface area contributed by atoms with Crippen molar-refractivity contribution in [3.8, 4) is 33.4 Å². The van der Waals surface area contributed by atoms with Crippen LogP contribution in [0.3, 0.4) is 0 Å². The molecular formula is C40H24B2N2O. The number of hydrogen-bond acceptors (Lipinski definition) is 2. The van der Waals surface area contributed by atoms with Gasteiger partial charge in [-0.3, -0.25) is 4.59 Å². The molecule has 0 bridgehead atoms. The summed E-state index contributed by atoms with van der Waals surface area (Å²) in [7, 11) is 0. The van der Waals surface area contributed by atoms with Crippen LogP contribution in [-0.2, 0) is 4.57 Å². The summed E-state index contributed by atoms with van der Waals surface area (Å²) in [5, 5.41) is 12.4. The van der Waals surface area contributed by atoms with E-state index in [-0.39, 0.29) is 6.92 Å². The molecule has 0 spiro atoms. The van der Waals surface area contributed by atoms with Gasteiger partial charge in [-0.15, -0.1) is 0 Å². The fraction of sp³-hybridized carbons (Fsp3) is 0. The van der Waals surface area contributed by atoms with E-state index in [1.165, 1.54) is 76.8 Å². The first-order chi connectivity index (χ1) is 22.3. The van der Waals surface area contributed by atoms with Crippen molar-refractivity contribution >= 4 is 67.6 Å². The van der Waals surface area contributed by atoms with Crippen LogP contribution in [0.25, 0.3) is 65.7 Å². The van der Waals surface area contributed by atoms with Crippen LogP contribution in [0.2, 0.25) is 0 Å². The van der Waals surface area contributed by atoms with Crippen molar-refractivity contribution in [2.75, 3.05) is 0 Å². The molecule has 3 aliphatic heterocycles. The topological polar surface area (TPSA) is 26.0 Å². The summed E-state index contributed by atoms with van der Waals surface area (Å²) in [6.07, 6.45) is 4.20. The van der Waals surface area contributed by atoms with Gasteiger partial charge in [-0.1, -0.05) is 143 Å². The molecule has 11 rings (SSSR count). The fourth-order valence-electron chi connectivity index (χ4n) is 8.88. The molecule has 3 aliphatic rings. The molecule has 5 heteroatoms. The first-order valence-electron chi connectivity index (χ1n) is 15.7. The Bertz CT molecular complexity index is 2600. The highest BCUT2D eigenvalue weighted by atomic mass is 16.4. The quantitative estimate of drug-likeness (QED) is 0.237. The molecule has 0 saturated heterocycles. The van der Waals surface area contributed by atoms with E-state index >= 15 is 0 Å². The van der Waals surface area contributed by atoms with Crippen molar-refractivity contribution in [2.45, 2.75) is 0 Å². The third kappa shape index (κ3) is 2.88. The Morgan fingerprint density at radius 1 is 0.511 bits per heavy atom. The minimum atomic E-state index is -2.07. The second-order valence-corrected chi connectivity index (χ2v) is 12.7. The lowest BCUT2D eigenvalue weighted by atomic mass is 9.35. The van der Waals surface area contributed by atoms with Crippen LogP contribution in [0, 0.1) is 0 Å². The molecule has 0 N–H and O–H groups in total. The zero-order valence-corrected chi connectivity index (χ0v) is 24.3. The largest absolute Gasteiger partial charge is 0.582 e. The van der Waals surface area contributed by atoms with E-state index in [9.17, 15) is 0 Å². The lowest BCUT2D eigenvalue weighted by Crippen LogP contribution is -2.84. The Labute approximate surface area is 260 Å². The highest BCUT2D eigenvalue weighted by Gasteiger charge is 2.55. The molecule has 0 saturated carbocycles. The van der Waals surface area contributed by atoms with Crippen LogP contribution in [0.4, 0.5) is 0 Å².